The molecular formula is C20H16FN7O2. The number of hydrogen-bond acceptors (Lipinski definition) is 5. The number of fused-ring (bicyclic) bond motifs is 2. The number of H-pyrrole nitrogens is 3. The Bertz CT molecular complexity index is 1450. The summed E-state index contributed by atoms with van der Waals surface area (Å²) in [5.41, 5.74) is 1.77. The van der Waals surface area contributed by atoms with Gasteiger partial charge in [0.15, 0.2) is 5.65 Å². The summed E-state index contributed by atoms with van der Waals surface area (Å²) in [5, 5.41) is 12.0. The Morgan fingerprint density at radius 2 is 1.97 bits per heavy atom. The molecule has 0 bridgehead atoms. The fourth-order valence-corrected chi connectivity index (χ4v) is 3.27. The van der Waals surface area contributed by atoms with Crippen LogP contribution in [0.1, 0.15) is 24.3 Å². The topological polar surface area (TPSA) is 125 Å². The van der Waals surface area contributed by atoms with Crippen LogP contribution in [0, 0.1) is 5.95 Å². The average molecular weight is 405 g/mol. The van der Waals surface area contributed by atoms with Gasteiger partial charge in [-0.1, -0.05) is 18.2 Å². The van der Waals surface area contributed by atoms with E-state index in [0.717, 1.165) is 40.0 Å². The van der Waals surface area contributed by atoms with E-state index in [1.54, 1.807) is 6.07 Å². The summed E-state index contributed by atoms with van der Waals surface area (Å²) in [7, 11) is 0. The second-order valence-electron chi connectivity index (χ2n) is 7.02. The van der Waals surface area contributed by atoms with Crippen LogP contribution in [0.4, 0.5) is 4.39 Å². The van der Waals surface area contributed by atoms with E-state index in [2.05, 4.69) is 30.2 Å². The highest BCUT2D eigenvalue weighted by Gasteiger charge is 2.28. The van der Waals surface area contributed by atoms with Gasteiger partial charge in [-0.25, -0.2) is 9.78 Å². The highest BCUT2D eigenvalue weighted by molar-refractivity contribution is 5.77. The zero-order chi connectivity index (χ0) is 20.7. The molecule has 5 aromatic rings. The molecule has 1 aliphatic carbocycles. The van der Waals surface area contributed by atoms with Crippen molar-refractivity contribution in [3.05, 3.63) is 81.3 Å². The molecule has 0 unspecified atom stereocenters. The summed E-state index contributed by atoms with van der Waals surface area (Å²) in [6, 6.07) is 9.75. The fraction of sp³-hybridized carbons (Fsp3) is 0.150. The van der Waals surface area contributed by atoms with E-state index in [1.165, 1.54) is 6.20 Å². The van der Waals surface area contributed by atoms with E-state index in [0.29, 0.717) is 17.3 Å². The molecule has 150 valence electrons. The zero-order valence-electron chi connectivity index (χ0n) is 15.6. The zero-order valence-corrected chi connectivity index (χ0v) is 15.6. The second-order valence-corrected chi connectivity index (χ2v) is 7.02. The second kappa shape index (κ2) is 7.07. The van der Waals surface area contributed by atoms with Crippen molar-refractivity contribution in [2.75, 3.05) is 0 Å². The molecule has 6 rings (SSSR count). The molecule has 9 nitrogen and oxygen atoms in total. The Kier molecular flexibility index (Phi) is 4.24. The molecule has 0 amide bonds. The third-order valence-corrected chi connectivity index (χ3v) is 4.92. The normalized spacial score (nSPS) is 13.4. The Hall–Kier alpha value is -4.08. The van der Waals surface area contributed by atoms with Crippen LogP contribution in [-0.2, 0) is 0 Å². The summed E-state index contributed by atoms with van der Waals surface area (Å²) in [6.07, 6.45) is 6.22. The molecule has 1 saturated carbocycles. The summed E-state index contributed by atoms with van der Waals surface area (Å²) in [5.74, 6) is -0.271. The number of imidazole rings is 1. The van der Waals surface area contributed by atoms with E-state index in [1.807, 2.05) is 30.5 Å². The molecule has 0 atom stereocenters. The number of para-hydroxylation sites is 1. The van der Waals surface area contributed by atoms with Crippen molar-refractivity contribution in [3.63, 3.8) is 0 Å². The number of hydrogen-bond donors (Lipinski definition) is 3. The SMILES string of the molecule is O=c1[nH]cc(-c2cc(C3CC3)c3ncc(F)n3n2)c(=O)[nH]1.c1ccc2[nH]ncc2c1. The van der Waals surface area contributed by atoms with Crippen molar-refractivity contribution in [2.45, 2.75) is 18.8 Å². The summed E-state index contributed by atoms with van der Waals surface area (Å²) in [6.45, 7) is 0. The van der Waals surface area contributed by atoms with E-state index in [4.69, 9.17) is 0 Å². The molecule has 0 aliphatic heterocycles. The molecule has 0 saturated heterocycles. The lowest BCUT2D eigenvalue weighted by atomic mass is 10.1. The molecule has 30 heavy (non-hydrogen) atoms. The first-order valence-corrected chi connectivity index (χ1v) is 9.35. The van der Waals surface area contributed by atoms with Gasteiger partial charge in [0, 0.05) is 17.1 Å². The number of rotatable bonds is 2. The fourth-order valence-electron chi connectivity index (χ4n) is 3.27. The van der Waals surface area contributed by atoms with Gasteiger partial charge in [-0.3, -0.25) is 14.9 Å². The number of nitrogens with one attached hydrogen (secondary N) is 3. The maximum absolute atomic E-state index is 13.8. The minimum atomic E-state index is -0.596. The minimum absolute atomic E-state index is 0.187. The van der Waals surface area contributed by atoms with E-state index in [-0.39, 0.29) is 5.56 Å². The van der Waals surface area contributed by atoms with Gasteiger partial charge in [0.2, 0.25) is 5.95 Å². The minimum Gasteiger partial charge on any atom is -0.313 e. The van der Waals surface area contributed by atoms with Gasteiger partial charge >= 0.3 is 5.69 Å². The molecule has 0 radical (unpaired) electrons. The lowest BCUT2D eigenvalue weighted by Crippen LogP contribution is -2.23. The van der Waals surface area contributed by atoms with Gasteiger partial charge in [-0.2, -0.15) is 19.1 Å². The Labute approximate surface area is 167 Å². The first-order chi connectivity index (χ1) is 14.6. The molecule has 0 spiro atoms. The molecule has 1 aromatic carbocycles. The quantitative estimate of drug-likeness (QED) is 0.416. The molecule has 4 heterocycles. The van der Waals surface area contributed by atoms with Gasteiger partial charge in [0.05, 0.1) is 29.2 Å². The van der Waals surface area contributed by atoms with Crippen molar-refractivity contribution in [2.24, 2.45) is 0 Å². The average Bonchev–Trinajstić information content (AvgIpc) is 3.36. The number of halogens is 1. The van der Waals surface area contributed by atoms with Crippen molar-refractivity contribution >= 4 is 16.6 Å². The molecular weight excluding hydrogens is 389 g/mol. The highest BCUT2D eigenvalue weighted by Crippen LogP contribution is 2.42. The van der Waals surface area contributed by atoms with Crippen LogP contribution < -0.4 is 11.2 Å². The predicted octanol–water partition coefficient (Wildman–Crippen LogP) is 2.35. The van der Waals surface area contributed by atoms with Gasteiger partial charge < -0.3 is 4.98 Å². The smallest absolute Gasteiger partial charge is 0.313 e. The van der Waals surface area contributed by atoms with Gasteiger partial charge in [0.25, 0.3) is 5.56 Å². The van der Waals surface area contributed by atoms with E-state index in [9.17, 15) is 14.0 Å². The van der Waals surface area contributed by atoms with Crippen LogP contribution in [0.2, 0.25) is 0 Å². The van der Waals surface area contributed by atoms with Crippen molar-refractivity contribution in [1.82, 2.24) is 34.8 Å². The van der Waals surface area contributed by atoms with Gasteiger partial charge in [0.1, 0.15) is 0 Å². The van der Waals surface area contributed by atoms with Crippen LogP contribution in [0.25, 0.3) is 27.8 Å². The van der Waals surface area contributed by atoms with E-state index >= 15 is 0 Å². The Morgan fingerprint density at radius 1 is 1.13 bits per heavy atom. The van der Waals surface area contributed by atoms with Crippen LogP contribution in [-0.4, -0.2) is 34.8 Å². The van der Waals surface area contributed by atoms with Crippen molar-refractivity contribution in [1.29, 1.82) is 0 Å². The maximum Gasteiger partial charge on any atom is 0.325 e. The standard InChI is InChI=1S/C13H10FN5O2.C7H6N2/c14-10-5-15-11-7(6-1-2-6)3-9(18-19(10)11)8-4-16-13(21)17-12(8)20;1-2-4-7-6(3-1)5-8-9-7/h3-6H,1-2H2,(H2,16,17,20,21);1-5H,(H,8,9). The van der Waals surface area contributed by atoms with Gasteiger partial charge in [-0.05, 0) is 30.9 Å². The van der Waals surface area contributed by atoms with Crippen LogP contribution in [0.15, 0.2) is 58.5 Å². The Balaban J connectivity index is 0.000000178. The predicted molar refractivity (Wildman–Crippen MR) is 108 cm³/mol. The first-order valence-electron chi connectivity index (χ1n) is 9.35. The monoisotopic (exact) mass is 405 g/mol. The van der Waals surface area contributed by atoms with Crippen molar-refractivity contribution < 1.29 is 4.39 Å². The molecule has 1 fully saturated rings. The largest absolute Gasteiger partial charge is 0.325 e. The molecule has 4 aromatic heterocycles. The third kappa shape index (κ3) is 3.28. The van der Waals surface area contributed by atoms with Crippen LogP contribution in [0.5, 0.6) is 0 Å². The lowest BCUT2D eigenvalue weighted by molar-refractivity contribution is 0.549. The summed E-state index contributed by atoms with van der Waals surface area (Å²) >= 11 is 0. The van der Waals surface area contributed by atoms with Gasteiger partial charge in [-0.15, -0.1) is 0 Å². The molecule has 1 aliphatic rings. The van der Waals surface area contributed by atoms with E-state index < -0.39 is 17.2 Å². The molecule has 10 heteroatoms. The number of nitrogens with zero attached hydrogens (tertiary/aromatic N) is 4. The Morgan fingerprint density at radius 3 is 2.73 bits per heavy atom. The van der Waals surface area contributed by atoms with Crippen LogP contribution >= 0.6 is 0 Å². The summed E-state index contributed by atoms with van der Waals surface area (Å²) < 4.78 is 14.9. The van der Waals surface area contributed by atoms with Crippen molar-refractivity contribution in [3.8, 4) is 11.3 Å². The number of aromatic nitrogens is 7. The van der Waals surface area contributed by atoms with Crippen LogP contribution in [0.3, 0.4) is 0 Å². The molecule has 3 N–H and O–H groups in total. The lowest BCUT2D eigenvalue weighted by Gasteiger charge is -2.06. The summed E-state index contributed by atoms with van der Waals surface area (Å²) in [4.78, 5) is 31.5. The third-order valence-electron chi connectivity index (χ3n) is 4.92. The first kappa shape index (κ1) is 18.0. The maximum atomic E-state index is 13.8. The number of benzene rings is 1. The number of aromatic amines is 3. The highest BCUT2D eigenvalue weighted by atomic mass is 19.1.